The van der Waals surface area contributed by atoms with E-state index < -0.39 is 16.1 Å². The number of fused-ring (bicyclic) bond motifs is 1. The maximum Gasteiger partial charge on any atom is 0.323 e. The number of rotatable bonds is 7. The average Bonchev–Trinajstić information content (AvgIpc) is 2.73. The zero-order valence-electron chi connectivity index (χ0n) is 17.4. The maximum atomic E-state index is 12.6. The van der Waals surface area contributed by atoms with Crippen LogP contribution in [-0.2, 0) is 16.4 Å². The number of hydrogen-bond donors (Lipinski definition) is 2. The van der Waals surface area contributed by atoms with Gasteiger partial charge in [-0.25, -0.2) is 13.2 Å². The van der Waals surface area contributed by atoms with Gasteiger partial charge in [0.15, 0.2) is 11.5 Å². The maximum absolute atomic E-state index is 12.6. The second-order valence-corrected chi connectivity index (χ2v) is 9.00. The number of nitrogens with one attached hydrogen (secondary N) is 2. The Balaban J connectivity index is 1.77. The predicted molar refractivity (Wildman–Crippen MR) is 118 cm³/mol. The molecule has 0 saturated carbocycles. The van der Waals surface area contributed by atoms with Gasteiger partial charge in [0.2, 0.25) is 10.0 Å². The van der Waals surface area contributed by atoms with Crippen molar-refractivity contribution in [1.29, 1.82) is 0 Å². The van der Waals surface area contributed by atoms with Crippen molar-refractivity contribution < 1.29 is 22.7 Å². The van der Waals surface area contributed by atoms with Gasteiger partial charge in [0.05, 0.1) is 25.7 Å². The normalized spacial score (nSPS) is 13.4. The van der Waals surface area contributed by atoms with Crippen molar-refractivity contribution >= 4 is 33.1 Å². The molecule has 8 nitrogen and oxygen atoms in total. The van der Waals surface area contributed by atoms with E-state index in [4.69, 9.17) is 9.47 Å². The third-order valence-corrected chi connectivity index (χ3v) is 6.83. The van der Waals surface area contributed by atoms with Gasteiger partial charge in [0, 0.05) is 24.0 Å². The Morgan fingerprint density at radius 1 is 1.03 bits per heavy atom. The van der Waals surface area contributed by atoms with E-state index in [0.29, 0.717) is 41.5 Å². The van der Waals surface area contributed by atoms with E-state index in [1.165, 1.54) is 18.5 Å². The Morgan fingerprint density at radius 2 is 1.70 bits per heavy atom. The second kappa shape index (κ2) is 9.25. The lowest BCUT2D eigenvalue weighted by atomic mass is 10.0. The first kappa shape index (κ1) is 21.8. The van der Waals surface area contributed by atoms with Crippen molar-refractivity contribution in [1.82, 2.24) is 0 Å². The molecule has 0 spiro atoms. The molecule has 30 heavy (non-hydrogen) atoms. The van der Waals surface area contributed by atoms with Gasteiger partial charge < -0.3 is 20.1 Å². The molecule has 1 aliphatic heterocycles. The summed E-state index contributed by atoms with van der Waals surface area (Å²) in [4.78, 5) is 12.5. The monoisotopic (exact) mass is 433 g/mol. The van der Waals surface area contributed by atoms with Crippen molar-refractivity contribution in [3.8, 4) is 11.5 Å². The van der Waals surface area contributed by atoms with E-state index in [0.717, 1.165) is 18.4 Å². The molecule has 0 aliphatic carbocycles. The number of amides is 2. The summed E-state index contributed by atoms with van der Waals surface area (Å²) in [6.07, 6.45) is 2.15. The number of sulfonamides is 1. The molecule has 0 radical (unpaired) electrons. The summed E-state index contributed by atoms with van der Waals surface area (Å²) in [5.41, 5.74) is 2.66. The van der Waals surface area contributed by atoms with Crippen LogP contribution in [0.5, 0.6) is 11.5 Å². The van der Waals surface area contributed by atoms with Crippen LogP contribution in [0.15, 0.2) is 36.4 Å². The lowest BCUT2D eigenvalue weighted by Gasteiger charge is -2.31. The first-order chi connectivity index (χ1) is 14.4. The van der Waals surface area contributed by atoms with Crippen LogP contribution < -0.4 is 24.4 Å². The van der Waals surface area contributed by atoms with Crippen molar-refractivity contribution in [2.75, 3.05) is 41.5 Å². The topological polar surface area (TPSA) is 97.0 Å². The fourth-order valence-corrected chi connectivity index (χ4v) is 5.10. The summed E-state index contributed by atoms with van der Waals surface area (Å²) in [6.45, 7) is 2.30. The number of nitrogens with zero attached hydrogens (tertiary/aromatic N) is 1. The van der Waals surface area contributed by atoms with Crippen LogP contribution in [-0.4, -0.2) is 41.0 Å². The van der Waals surface area contributed by atoms with Crippen LogP contribution in [0.25, 0.3) is 0 Å². The summed E-state index contributed by atoms with van der Waals surface area (Å²) >= 11 is 0. The van der Waals surface area contributed by atoms with Gasteiger partial charge >= 0.3 is 6.03 Å². The molecular formula is C21H27N3O5S. The zero-order valence-corrected chi connectivity index (χ0v) is 18.2. The molecule has 0 saturated heterocycles. The molecule has 9 heteroatoms. The lowest BCUT2D eigenvalue weighted by molar-refractivity contribution is 0.262. The number of methoxy groups -OCH3 is 2. The molecular weight excluding hydrogens is 406 g/mol. The third kappa shape index (κ3) is 4.79. The highest BCUT2D eigenvalue weighted by Crippen LogP contribution is 2.33. The number of anilines is 3. The van der Waals surface area contributed by atoms with Gasteiger partial charge in [0.25, 0.3) is 0 Å². The Labute approximate surface area is 177 Å². The van der Waals surface area contributed by atoms with Crippen LogP contribution in [0, 0.1) is 0 Å². The van der Waals surface area contributed by atoms with Crippen molar-refractivity contribution in [3.63, 3.8) is 0 Å². The minimum atomic E-state index is -3.38. The first-order valence-corrected chi connectivity index (χ1v) is 11.4. The lowest BCUT2D eigenvalue weighted by Crippen LogP contribution is -2.37. The van der Waals surface area contributed by atoms with Gasteiger partial charge in [-0.15, -0.1) is 0 Å². The summed E-state index contributed by atoms with van der Waals surface area (Å²) in [5, 5.41) is 5.51. The van der Waals surface area contributed by atoms with E-state index in [1.54, 1.807) is 30.3 Å². The van der Waals surface area contributed by atoms with E-state index in [9.17, 15) is 13.2 Å². The van der Waals surface area contributed by atoms with Crippen LogP contribution >= 0.6 is 0 Å². The smallest absolute Gasteiger partial charge is 0.323 e. The van der Waals surface area contributed by atoms with Crippen LogP contribution in [0.4, 0.5) is 21.9 Å². The van der Waals surface area contributed by atoms with Crippen LogP contribution in [0.2, 0.25) is 0 Å². The fourth-order valence-electron chi connectivity index (χ4n) is 3.48. The van der Waals surface area contributed by atoms with Gasteiger partial charge in [0.1, 0.15) is 0 Å². The van der Waals surface area contributed by atoms with E-state index in [2.05, 4.69) is 10.6 Å². The van der Waals surface area contributed by atoms with Gasteiger partial charge in [-0.05, 0) is 49.1 Å². The number of carbonyl (C=O) groups excluding carboxylic acids is 1. The molecule has 0 atom stereocenters. The number of aryl methyl sites for hydroxylation is 1. The molecule has 0 aromatic heterocycles. The van der Waals surface area contributed by atoms with Crippen molar-refractivity contribution in [2.24, 2.45) is 0 Å². The van der Waals surface area contributed by atoms with Gasteiger partial charge in [-0.2, -0.15) is 0 Å². The molecule has 0 unspecified atom stereocenters. The molecule has 2 N–H and O–H groups in total. The van der Waals surface area contributed by atoms with E-state index >= 15 is 0 Å². The third-order valence-electron chi connectivity index (χ3n) is 4.86. The highest BCUT2D eigenvalue weighted by molar-refractivity contribution is 7.92. The average molecular weight is 434 g/mol. The summed E-state index contributed by atoms with van der Waals surface area (Å²) in [6, 6.07) is 9.98. The molecule has 2 amide bonds. The van der Waals surface area contributed by atoms with Gasteiger partial charge in [-0.1, -0.05) is 13.0 Å². The largest absolute Gasteiger partial charge is 0.493 e. The van der Waals surface area contributed by atoms with Gasteiger partial charge in [-0.3, -0.25) is 4.31 Å². The van der Waals surface area contributed by atoms with E-state index in [1.807, 2.05) is 13.0 Å². The van der Waals surface area contributed by atoms with Crippen LogP contribution in [0.3, 0.4) is 0 Å². The number of carbonyl (C=O) groups is 1. The Bertz CT molecular complexity index is 1020. The zero-order chi connectivity index (χ0) is 21.7. The number of hydrogen-bond acceptors (Lipinski definition) is 5. The standard InChI is InChI=1S/C21H27N3O5S/c1-4-12-30(26,27)24-11-5-6-15-7-8-16(13-18(15)24)22-21(25)23-17-9-10-19(28-2)20(14-17)29-3/h7-10,13-14H,4-6,11-12H2,1-3H3,(H2,22,23,25). The quantitative estimate of drug-likeness (QED) is 0.692. The molecule has 2 aromatic rings. The summed E-state index contributed by atoms with van der Waals surface area (Å²) in [5.74, 6) is 1.16. The molecule has 1 heterocycles. The van der Waals surface area contributed by atoms with Crippen molar-refractivity contribution in [2.45, 2.75) is 26.2 Å². The molecule has 162 valence electrons. The summed E-state index contributed by atoms with van der Waals surface area (Å²) in [7, 11) is -0.315. The highest BCUT2D eigenvalue weighted by atomic mass is 32.2. The number of benzene rings is 2. The Morgan fingerprint density at radius 3 is 2.37 bits per heavy atom. The molecule has 0 fully saturated rings. The predicted octanol–water partition coefficient (Wildman–Crippen LogP) is 3.84. The molecule has 1 aliphatic rings. The highest BCUT2D eigenvalue weighted by Gasteiger charge is 2.27. The molecule has 0 bridgehead atoms. The summed E-state index contributed by atoms with van der Waals surface area (Å²) < 4.78 is 37.2. The minimum Gasteiger partial charge on any atom is -0.493 e. The fraction of sp³-hybridized carbons (Fsp3) is 0.381. The number of urea groups is 1. The Hall–Kier alpha value is -2.94. The minimum absolute atomic E-state index is 0.101. The number of ether oxygens (including phenoxy) is 2. The molecule has 2 aromatic carbocycles. The first-order valence-electron chi connectivity index (χ1n) is 9.81. The van der Waals surface area contributed by atoms with Crippen molar-refractivity contribution in [3.05, 3.63) is 42.0 Å². The van der Waals surface area contributed by atoms with E-state index in [-0.39, 0.29) is 5.75 Å². The second-order valence-electron chi connectivity index (χ2n) is 6.98. The Kier molecular flexibility index (Phi) is 6.71. The van der Waals surface area contributed by atoms with Crippen LogP contribution in [0.1, 0.15) is 25.3 Å². The SMILES string of the molecule is CCCS(=O)(=O)N1CCCc2ccc(NC(=O)Nc3ccc(OC)c(OC)c3)cc21. The molecule has 3 rings (SSSR count).